The van der Waals surface area contributed by atoms with Crippen LogP contribution in [0.4, 0.5) is 11.5 Å². The van der Waals surface area contributed by atoms with Crippen LogP contribution in [0, 0.1) is 0 Å². The van der Waals surface area contributed by atoms with Crippen LogP contribution in [-0.2, 0) is 6.42 Å². The fourth-order valence-electron chi connectivity index (χ4n) is 1.18. The lowest BCUT2D eigenvalue weighted by Gasteiger charge is -2.13. The van der Waals surface area contributed by atoms with Gasteiger partial charge < -0.3 is 16.0 Å². The van der Waals surface area contributed by atoms with E-state index in [2.05, 4.69) is 20.2 Å². The number of rotatable bonds is 5. The summed E-state index contributed by atoms with van der Waals surface area (Å²) in [4.78, 5) is 10.4. The van der Waals surface area contributed by atoms with Gasteiger partial charge in [0.25, 0.3) is 0 Å². The van der Waals surface area contributed by atoms with Crippen molar-refractivity contribution in [3.8, 4) is 0 Å². The summed E-state index contributed by atoms with van der Waals surface area (Å²) in [6.07, 6.45) is 0.738. The van der Waals surface area contributed by atoms with Crippen LogP contribution >= 0.6 is 11.6 Å². The monoisotopic (exact) mass is 243 g/mol. The van der Waals surface area contributed by atoms with Crippen molar-refractivity contribution in [1.29, 1.82) is 0 Å². The third-order valence-electron chi connectivity index (χ3n) is 2.11. The zero-order chi connectivity index (χ0) is 12.1. The molecule has 0 saturated heterocycles. The summed E-state index contributed by atoms with van der Waals surface area (Å²) in [5.74, 6) is 1.32. The molecule has 0 aliphatic rings. The number of aromatic nitrogens is 2. The van der Waals surface area contributed by atoms with E-state index in [9.17, 15) is 0 Å². The summed E-state index contributed by atoms with van der Waals surface area (Å²) in [6.45, 7) is 3.65. The third kappa shape index (κ3) is 3.50. The van der Waals surface area contributed by atoms with Gasteiger partial charge in [-0.05, 0) is 14.1 Å². The normalized spacial score (nSPS) is 10.8. The summed E-state index contributed by atoms with van der Waals surface area (Å²) in [7, 11) is 4.02. The zero-order valence-corrected chi connectivity index (χ0v) is 10.7. The molecule has 0 fully saturated rings. The summed E-state index contributed by atoms with van der Waals surface area (Å²) in [6, 6.07) is 0. The molecule has 1 aromatic heterocycles. The van der Waals surface area contributed by atoms with Crippen LogP contribution < -0.4 is 11.1 Å². The second-order valence-corrected chi connectivity index (χ2v) is 4.13. The van der Waals surface area contributed by atoms with Crippen molar-refractivity contribution in [2.45, 2.75) is 13.3 Å². The molecule has 0 bridgehead atoms. The van der Waals surface area contributed by atoms with E-state index >= 15 is 0 Å². The molecule has 0 aromatic carbocycles. The molecular weight excluding hydrogens is 226 g/mol. The number of hydrogen-bond donors (Lipinski definition) is 2. The Kier molecular flexibility index (Phi) is 4.76. The number of nitrogen functional groups attached to an aromatic ring is 1. The standard InChI is InChI=1S/C10H18ClN5/c1-4-7-14-9(11)8(12)10(15-7)13-5-6-16(2)3/h4-6,12H2,1-3H3,(H,13,14,15). The number of nitrogens with two attached hydrogens (primary N) is 1. The highest BCUT2D eigenvalue weighted by Crippen LogP contribution is 2.23. The number of aryl methyl sites for hydroxylation is 1. The Bertz CT molecular complexity index is 353. The van der Waals surface area contributed by atoms with Crippen molar-refractivity contribution in [2.75, 3.05) is 38.2 Å². The van der Waals surface area contributed by atoms with Gasteiger partial charge >= 0.3 is 0 Å². The Morgan fingerprint density at radius 1 is 1.38 bits per heavy atom. The molecule has 0 amide bonds. The SMILES string of the molecule is CCc1nc(Cl)c(N)c(NCCN(C)C)n1. The summed E-state index contributed by atoms with van der Waals surface area (Å²) in [5, 5.41) is 3.48. The number of hydrogen-bond acceptors (Lipinski definition) is 5. The Hall–Kier alpha value is -1.07. The first-order valence-corrected chi connectivity index (χ1v) is 5.62. The molecule has 1 rings (SSSR count). The molecule has 0 atom stereocenters. The molecule has 0 unspecified atom stereocenters. The highest BCUT2D eigenvalue weighted by molar-refractivity contribution is 6.32. The number of nitrogens with zero attached hydrogens (tertiary/aromatic N) is 3. The lowest BCUT2D eigenvalue weighted by Crippen LogP contribution is -2.22. The zero-order valence-electron chi connectivity index (χ0n) is 9.92. The molecule has 6 heteroatoms. The molecule has 5 nitrogen and oxygen atoms in total. The molecule has 1 aromatic rings. The molecular formula is C10H18ClN5. The average Bonchev–Trinajstić information content (AvgIpc) is 2.23. The van der Waals surface area contributed by atoms with Gasteiger partial charge in [0.05, 0.1) is 0 Å². The van der Waals surface area contributed by atoms with Crippen LogP contribution in [0.25, 0.3) is 0 Å². The maximum Gasteiger partial charge on any atom is 0.157 e. The van der Waals surface area contributed by atoms with Crippen molar-refractivity contribution in [1.82, 2.24) is 14.9 Å². The number of likely N-dealkylation sites (N-methyl/N-ethyl adjacent to an activating group) is 1. The smallest absolute Gasteiger partial charge is 0.157 e. The summed E-state index contributed by atoms with van der Waals surface area (Å²) >= 11 is 5.91. The van der Waals surface area contributed by atoms with Gasteiger partial charge in [0, 0.05) is 19.5 Å². The van der Waals surface area contributed by atoms with Crippen molar-refractivity contribution in [2.24, 2.45) is 0 Å². The number of nitrogens with one attached hydrogen (secondary N) is 1. The lowest BCUT2D eigenvalue weighted by atomic mass is 10.4. The Morgan fingerprint density at radius 2 is 2.06 bits per heavy atom. The van der Waals surface area contributed by atoms with Gasteiger partial charge in [-0.3, -0.25) is 0 Å². The highest BCUT2D eigenvalue weighted by Gasteiger charge is 2.08. The molecule has 16 heavy (non-hydrogen) atoms. The predicted octanol–water partition coefficient (Wildman–Crippen LogP) is 1.25. The van der Waals surface area contributed by atoms with E-state index in [-0.39, 0.29) is 0 Å². The van der Waals surface area contributed by atoms with Crippen molar-refractivity contribution in [3.05, 3.63) is 11.0 Å². The molecule has 0 saturated carbocycles. The number of anilines is 2. The van der Waals surface area contributed by atoms with E-state index in [1.165, 1.54) is 0 Å². The highest BCUT2D eigenvalue weighted by atomic mass is 35.5. The molecule has 0 aliphatic carbocycles. The number of halogens is 1. The minimum Gasteiger partial charge on any atom is -0.393 e. The Labute approximate surface area is 101 Å². The molecule has 0 aliphatic heterocycles. The van der Waals surface area contributed by atoms with Gasteiger partial charge in [0.15, 0.2) is 11.0 Å². The maximum absolute atomic E-state index is 5.91. The van der Waals surface area contributed by atoms with E-state index in [1.54, 1.807) is 0 Å². The Morgan fingerprint density at radius 3 is 2.62 bits per heavy atom. The first kappa shape index (κ1) is 13.0. The van der Waals surface area contributed by atoms with E-state index in [4.69, 9.17) is 17.3 Å². The molecule has 0 spiro atoms. The lowest BCUT2D eigenvalue weighted by molar-refractivity contribution is 0.425. The molecule has 90 valence electrons. The van der Waals surface area contributed by atoms with E-state index in [1.807, 2.05) is 21.0 Å². The van der Waals surface area contributed by atoms with Gasteiger partial charge in [-0.2, -0.15) is 0 Å². The first-order chi connectivity index (χ1) is 7.54. The Balaban J connectivity index is 2.74. The summed E-state index contributed by atoms with van der Waals surface area (Å²) < 4.78 is 0. The third-order valence-corrected chi connectivity index (χ3v) is 2.40. The van der Waals surface area contributed by atoms with Crippen molar-refractivity contribution in [3.63, 3.8) is 0 Å². The average molecular weight is 244 g/mol. The molecule has 3 N–H and O–H groups in total. The van der Waals surface area contributed by atoms with E-state index in [0.717, 1.165) is 19.5 Å². The fraction of sp³-hybridized carbons (Fsp3) is 0.600. The summed E-state index contributed by atoms with van der Waals surface area (Å²) in [5.41, 5.74) is 6.20. The maximum atomic E-state index is 5.91. The van der Waals surface area contributed by atoms with Gasteiger partial charge in [-0.1, -0.05) is 18.5 Å². The van der Waals surface area contributed by atoms with Crippen LogP contribution in [0.3, 0.4) is 0 Å². The van der Waals surface area contributed by atoms with Crippen LogP contribution in [0.2, 0.25) is 5.15 Å². The van der Waals surface area contributed by atoms with E-state index in [0.29, 0.717) is 22.5 Å². The quantitative estimate of drug-likeness (QED) is 0.762. The van der Waals surface area contributed by atoms with Crippen molar-refractivity contribution < 1.29 is 0 Å². The second kappa shape index (κ2) is 5.86. The second-order valence-electron chi connectivity index (χ2n) is 3.78. The topological polar surface area (TPSA) is 67.1 Å². The van der Waals surface area contributed by atoms with Crippen LogP contribution in [0.5, 0.6) is 0 Å². The minimum atomic E-state index is 0.319. The predicted molar refractivity (Wildman–Crippen MR) is 67.9 cm³/mol. The first-order valence-electron chi connectivity index (χ1n) is 5.25. The van der Waals surface area contributed by atoms with Crippen LogP contribution in [0.15, 0.2) is 0 Å². The van der Waals surface area contributed by atoms with E-state index < -0.39 is 0 Å². The van der Waals surface area contributed by atoms with Crippen LogP contribution in [-0.4, -0.2) is 42.1 Å². The van der Waals surface area contributed by atoms with Gasteiger partial charge in [-0.25, -0.2) is 9.97 Å². The minimum absolute atomic E-state index is 0.319. The fourth-order valence-corrected chi connectivity index (χ4v) is 1.36. The van der Waals surface area contributed by atoms with Crippen molar-refractivity contribution >= 4 is 23.1 Å². The van der Waals surface area contributed by atoms with Gasteiger partial charge in [0.2, 0.25) is 0 Å². The van der Waals surface area contributed by atoms with Gasteiger partial charge in [-0.15, -0.1) is 0 Å². The molecule has 1 heterocycles. The molecule has 0 radical (unpaired) electrons. The largest absolute Gasteiger partial charge is 0.393 e. The van der Waals surface area contributed by atoms with Crippen LogP contribution in [0.1, 0.15) is 12.7 Å². The van der Waals surface area contributed by atoms with Gasteiger partial charge in [0.1, 0.15) is 11.5 Å².